The third kappa shape index (κ3) is 1.77. The van der Waals surface area contributed by atoms with Crippen molar-refractivity contribution in [1.82, 2.24) is 4.57 Å². The number of rotatable bonds is 1. The van der Waals surface area contributed by atoms with Crippen molar-refractivity contribution in [3.05, 3.63) is 52.7 Å². The first kappa shape index (κ1) is 12.4. The topological polar surface area (TPSA) is 48.3 Å². The van der Waals surface area contributed by atoms with Gasteiger partial charge in [0.2, 0.25) is 0 Å². The summed E-state index contributed by atoms with van der Waals surface area (Å²) in [6, 6.07) is 12.6. The summed E-state index contributed by atoms with van der Waals surface area (Å²) in [6.07, 6.45) is 0. The van der Waals surface area contributed by atoms with Crippen LogP contribution in [0.2, 0.25) is 0 Å². The zero-order valence-electron chi connectivity index (χ0n) is 11.2. The molecule has 0 aliphatic heterocycles. The van der Waals surface area contributed by atoms with E-state index in [4.69, 9.17) is 4.74 Å². The average molecular weight is 267 g/mol. The Balaban J connectivity index is 2.53. The second-order valence-electron chi connectivity index (χ2n) is 4.65. The van der Waals surface area contributed by atoms with Gasteiger partial charge in [0.1, 0.15) is 0 Å². The minimum absolute atomic E-state index is 0.0531. The van der Waals surface area contributed by atoms with Crippen LogP contribution in [0.15, 0.2) is 47.3 Å². The van der Waals surface area contributed by atoms with E-state index < -0.39 is 5.97 Å². The normalized spacial score (nSPS) is 10.9. The van der Waals surface area contributed by atoms with Crippen molar-refractivity contribution in [2.45, 2.75) is 6.92 Å². The lowest BCUT2D eigenvalue weighted by Gasteiger charge is -2.13. The number of fused-ring (bicyclic) bond motifs is 2. The summed E-state index contributed by atoms with van der Waals surface area (Å²) in [4.78, 5) is 23.7. The van der Waals surface area contributed by atoms with Crippen molar-refractivity contribution in [2.75, 3.05) is 0 Å². The highest BCUT2D eigenvalue weighted by Gasteiger charge is 2.13. The molecule has 0 aliphatic carbocycles. The van der Waals surface area contributed by atoms with Gasteiger partial charge in [-0.2, -0.15) is 0 Å². The van der Waals surface area contributed by atoms with Gasteiger partial charge in [0.05, 0.1) is 16.4 Å². The highest BCUT2D eigenvalue weighted by atomic mass is 16.5. The van der Waals surface area contributed by atoms with E-state index in [1.54, 1.807) is 24.3 Å². The molecule has 4 heteroatoms. The first-order valence-corrected chi connectivity index (χ1v) is 6.28. The standard InChI is InChI=1S/C16H13NO3/c1-10(18)20-14-9-5-7-12-15(14)17(2)13-8-4-3-6-11(13)16(12)19/h3-9H,1-2H3. The van der Waals surface area contributed by atoms with E-state index in [0.29, 0.717) is 22.0 Å². The molecule has 0 spiro atoms. The van der Waals surface area contributed by atoms with Gasteiger partial charge in [-0.1, -0.05) is 18.2 Å². The summed E-state index contributed by atoms with van der Waals surface area (Å²) in [5.74, 6) is -0.00143. The number of hydrogen-bond acceptors (Lipinski definition) is 3. The van der Waals surface area contributed by atoms with Crippen molar-refractivity contribution in [1.29, 1.82) is 0 Å². The Hall–Kier alpha value is -2.62. The van der Waals surface area contributed by atoms with Crippen molar-refractivity contribution >= 4 is 27.8 Å². The first-order valence-electron chi connectivity index (χ1n) is 6.28. The molecule has 1 aromatic heterocycles. The summed E-state index contributed by atoms with van der Waals surface area (Å²) in [6.45, 7) is 1.35. The smallest absolute Gasteiger partial charge is 0.308 e. The number of carbonyl (C=O) groups is 1. The third-order valence-electron chi connectivity index (χ3n) is 3.34. The first-order chi connectivity index (χ1) is 9.59. The number of aromatic nitrogens is 1. The Kier molecular flexibility index (Phi) is 2.79. The minimum Gasteiger partial charge on any atom is -0.424 e. The molecule has 0 fully saturated rings. The van der Waals surface area contributed by atoms with E-state index in [-0.39, 0.29) is 5.43 Å². The molecule has 0 N–H and O–H groups in total. The maximum absolute atomic E-state index is 12.5. The fourth-order valence-corrected chi connectivity index (χ4v) is 2.51. The SMILES string of the molecule is CC(=O)Oc1cccc2c(=O)c3ccccc3n(C)c12. The van der Waals surface area contributed by atoms with Gasteiger partial charge in [-0.25, -0.2) is 0 Å². The number of hydrogen-bond donors (Lipinski definition) is 0. The molecule has 100 valence electrons. The molecule has 0 aliphatic rings. The largest absolute Gasteiger partial charge is 0.424 e. The van der Waals surface area contributed by atoms with Crippen molar-refractivity contribution in [2.24, 2.45) is 7.05 Å². The summed E-state index contributed by atoms with van der Waals surface area (Å²) in [5.41, 5.74) is 1.39. The molecule has 1 heterocycles. The number of nitrogens with zero attached hydrogens (tertiary/aromatic N) is 1. The summed E-state index contributed by atoms with van der Waals surface area (Å²) >= 11 is 0. The van der Waals surface area contributed by atoms with Crippen LogP contribution in [0.3, 0.4) is 0 Å². The monoisotopic (exact) mass is 267 g/mol. The maximum Gasteiger partial charge on any atom is 0.308 e. The quantitative estimate of drug-likeness (QED) is 0.387. The molecule has 0 amide bonds. The number of para-hydroxylation sites is 2. The Bertz CT molecular complexity index is 893. The Morgan fingerprint density at radius 3 is 2.50 bits per heavy atom. The van der Waals surface area contributed by atoms with Gasteiger partial charge in [-0.3, -0.25) is 9.59 Å². The minimum atomic E-state index is -0.405. The van der Waals surface area contributed by atoms with Crippen molar-refractivity contribution < 1.29 is 9.53 Å². The van der Waals surface area contributed by atoms with Crippen LogP contribution in [-0.4, -0.2) is 10.5 Å². The van der Waals surface area contributed by atoms with Crippen LogP contribution >= 0.6 is 0 Å². The van der Waals surface area contributed by atoms with Crippen LogP contribution in [0.4, 0.5) is 0 Å². The maximum atomic E-state index is 12.5. The van der Waals surface area contributed by atoms with Crippen LogP contribution in [-0.2, 0) is 11.8 Å². The third-order valence-corrected chi connectivity index (χ3v) is 3.34. The van der Waals surface area contributed by atoms with Crippen LogP contribution in [0.25, 0.3) is 21.8 Å². The summed E-state index contributed by atoms with van der Waals surface area (Å²) < 4.78 is 7.09. The van der Waals surface area contributed by atoms with Crippen LogP contribution < -0.4 is 10.2 Å². The highest BCUT2D eigenvalue weighted by Crippen LogP contribution is 2.26. The van der Waals surface area contributed by atoms with Crippen molar-refractivity contribution in [3.8, 4) is 5.75 Å². The number of benzene rings is 2. The lowest BCUT2D eigenvalue weighted by atomic mass is 10.1. The molecule has 0 unspecified atom stereocenters. The zero-order chi connectivity index (χ0) is 14.3. The number of pyridine rings is 1. The molecule has 0 saturated carbocycles. The predicted octanol–water partition coefficient (Wildman–Crippen LogP) is 2.62. The van der Waals surface area contributed by atoms with Crippen LogP contribution in [0, 0.1) is 0 Å². The van der Waals surface area contributed by atoms with Crippen LogP contribution in [0.5, 0.6) is 5.75 Å². The molecular weight excluding hydrogens is 254 g/mol. The molecule has 2 aromatic carbocycles. The van der Waals surface area contributed by atoms with Crippen LogP contribution in [0.1, 0.15) is 6.92 Å². The molecule has 20 heavy (non-hydrogen) atoms. The molecule has 0 bridgehead atoms. The second-order valence-corrected chi connectivity index (χ2v) is 4.65. The van der Waals surface area contributed by atoms with Gasteiger partial charge < -0.3 is 9.30 Å². The van der Waals surface area contributed by atoms with Gasteiger partial charge in [-0.15, -0.1) is 0 Å². The van der Waals surface area contributed by atoms with Crippen molar-refractivity contribution in [3.63, 3.8) is 0 Å². The Labute approximate surface area is 115 Å². The molecular formula is C16H13NO3. The second kappa shape index (κ2) is 4.49. The number of aryl methyl sites for hydroxylation is 1. The van der Waals surface area contributed by atoms with Gasteiger partial charge in [0, 0.05) is 19.4 Å². The predicted molar refractivity (Wildman–Crippen MR) is 78.0 cm³/mol. The zero-order valence-corrected chi connectivity index (χ0v) is 11.2. The lowest BCUT2D eigenvalue weighted by molar-refractivity contribution is -0.131. The number of esters is 1. The Morgan fingerprint density at radius 1 is 1.05 bits per heavy atom. The highest BCUT2D eigenvalue weighted by molar-refractivity contribution is 5.96. The van der Waals surface area contributed by atoms with Gasteiger partial charge in [0.25, 0.3) is 0 Å². The molecule has 4 nitrogen and oxygen atoms in total. The van der Waals surface area contributed by atoms with Gasteiger partial charge in [0.15, 0.2) is 11.2 Å². The molecule has 3 aromatic rings. The molecule has 0 atom stereocenters. The van der Waals surface area contributed by atoms with E-state index in [2.05, 4.69) is 0 Å². The number of carbonyl (C=O) groups excluding carboxylic acids is 1. The molecule has 0 radical (unpaired) electrons. The summed E-state index contributed by atoms with van der Waals surface area (Å²) in [5, 5.41) is 1.20. The van der Waals surface area contributed by atoms with E-state index in [0.717, 1.165) is 5.52 Å². The van der Waals surface area contributed by atoms with E-state index >= 15 is 0 Å². The molecule has 0 saturated heterocycles. The fraction of sp³-hybridized carbons (Fsp3) is 0.125. The average Bonchev–Trinajstić information content (AvgIpc) is 2.44. The lowest BCUT2D eigenvalue weighted by Crippen LogP contribution is -2.11. The van der Waals surface area contributed by atoms with E-state index in [1.165, 1.54) is 6.92 Å². The Morgan fingerprint density at radius 2 is 1.75 bits per heavy atom. The van der Waals surface area contributed by atoms with Gasteiger partial charge >= 0.3 is 5.97 Å². The number of ether oxygens (including phenoxy) is 1. The van der Waals surface area contributed by atoms with E-state index in [1.807, 2.05) is 29.8 Å². The summed E-state index contributed by atoms with van der Waals surface area (Å²) in [7, 11) is 1.86. The molecule has 3 rings (SSSR count). The van der Waals surface area contributed by atoms with E-state index in [9.17, 15) is 9.59 Å². The van der Waals surface area contributed by atoms with Gasteiger partial charge in [-0.05, 0) is 24.3 Å². The fourth-order valence-electron chi connectivity index (χ4n) is 2.51.